The molecule has 0 radical (unpaired) electrons. The van der Waals surface area contributed by atoms with Crippen molar-refractivity contribution in [2.24, 2.45) is 0 Å². The number of fused-ring (bicyclic) bond motifs is 6. The number of methoxy groups -OCH3 is 2. The molecule has 0 aliphatic rings. The Hall–Kier alpha value is -5.82. The number of nitrogens with two attached hydrogens (primary N) is 2. The molecule has 0 fully saturated rings. The predicted molar refractivity (Wildman–Crippen MR) is 242 cm³/mol. The number of carbonyl (C=O) groups excluding carboxylic acids is 2. The van der Waals surface area contributed by atoms with Gasteiger partial charge < -0.3 is 60.8 Å². The molecule has 4 amide bonds. The zero-order valence-electron chi connectivity index (χ0n) is 36.0. The zero-order chi connectivity index (χ0) is 43.5. The molecule has 8 N–H and O–H groups in total. The highest BCUT2D eigenvalue weighted by molar-refractivity contribution is 6.07. The van der Waals surface area contributed by atoms with Crippen LogP contribution in [-0.2, 0) is 44.9 Å². The predicted octanol–water partition coefficient (Wildman–Crippen LogP) is 4.70. The summed E-state index contributed by atoms with van der Waals surface area (Å²) in [6, 6.07) is 15.4. The third-order valence-electron chi connectivity index (χ3n) is 10.6. The molecule has 4 heterocycles. The van der Waals surface area contributed by atoms with E-state index in [9.17, 15) is 9.59 Å². The van der Waals surface area contributed by atoms with E-state index in [1.165, 1.54) is 0 Å². The number of para-hydroxylation sites is 2. The molecular weight excluding hydrogens is 793 g/mol. The number of amides is 4. The van der Waals surface area contributed by atoms with E-state index in [4.69, 9.17) is 40.4 Å². The lowest BCUT2D eigenvalue weighted by atomic mass is 10.1. The lowest BCUT2D eigenvalue weighted by Crippen LogP contribution is -2.37. The summed E-state index contributed by atoms with van der Waals surface area (Å²) in [5, 5.41) is 13.5. The lowest BCUT2D eigenvalue weighted by molar-refractivity contribution is 0.128. The van der Waals surface area contributed by atoms with E-state index in [1.54, 1.807) is 14.2 Å². The second-order valence-corrected chi connectivity index (χ2v) is 15.0. The fourth-order valence-corrected chi connectivity index (χ4v) is 7.54. The molecule has 6 rings (SSSR count). The number of nitrogen functional groups attached to an aromatic ring is 2. The van der Waals surface area contributed by atoms with Crippen LogP contribution >= 0.6 is 0 Å². The number of aromatic nitrogens is 6. The Balaban J connectivity index is 0.758. The Labute approximate surface area is 361 Å². The highest BCUT2D eigenvalue weighted by Gasteiger charge is 2.19. The van der Waals surface area contributed by atoms with Crippen LogP contribution in [0.4, 0.5) is 21.2 Å². The largest absolute Gasteiger partial charge is 0.384 e. The van der Waals surface area contributed by atoms with Gasteiger partial charge in [0.1, 0.15) is 22.7 Å². The van der Waals surface area contributed by atoms with Crippen LogP contribution < -0.4 is 32.7 Å². The van der Waals surface area contributed by atoms with E-state index >= 15 is 0 Å². The maximum atomic E-state index is 12.3. The van der Waals surface area contributed by atoms with E-state index < -0.39 is 0 Å². The number of hydrogen-bond donors (Lipinski definition) is 6. The number of imidazole rings is 2. The Morgan fingerprint density at radius 3 is 1.37 bits per heavy atom. The van der Waals surface area contributed by atoms with E-state index in [0.717, 1.165) is 83.0 Å². The van der Waals surface area contributed by atoms with Crippen LogP contribution in [0, 0.1) is 0 Å². The third-order valence-corrected chi connectivity index (χ3v) is 10.6. The Kier molecular flexibility index (Phi) is 17.7. The molecular formula is C44H62N12O6. The molecule has 6 aromatic rings. The highest BCUT2D eigenvalue weighted by atomic mass is 16.5. The van der Waals surface area contributed by atoms with Crippen LogP contribution in [0.15, 0.2) is 48.5 Å². The van der Waals surface area contributed by atoms with E-state index in [2.05, 4.69) is 40.4 Å². The SMILES string of the molecule is COCCc1nc2c(N)nc3ccccc3c2n1CCOCCNC(=O)NCCCCCCCCNC(=O)NCCOCCn1c(CCOC)nc2c(N)nc3ccccc3c21. The standard InChI is InChI=1S/C44H62N12O6/c1-59-25-17-35-53-37-39(31-13-7-9-15-33(31)51-41(37)45)55(35)23-29-61-27-21-49-43(57)47-19-11-5-3-4-6-12-20-48-44(58)50-22-28-62-30-24-56-36(18-26-60-2)54-38-40(56)32-14-8-10-16-34(32)52-42(38)46/h7-10,13-16H,3-6,11-12,17-30H2,1-2H3,(H2,45,51)(H2,46,52)(H2,47,49,57)(H2,48,50,58). The molecule has 0 unspecified atom stereocenters. The first-order valence-corrected chi connectivity index (χ1v) is 21.6. The van der Waals surface area contributed by atoms with Gasteiger partial charge in [0.05, 0.1) is 61.7 Å². The van der Waals surface area contributed by atoms with E-state index in [0.29, 0.717) is 114 Å². The van der Waals surface area contributed by atoms with Crippen molar-refractivity contribution in [3.63, 3.8) is 0 Å². The van der Waals surface area contributed by atoms with Crippen LogP contribution in [0.1, 0.15) is 50.2 Å². The van der Waals surface area contributed by atoms with Crippen molar-refractivity contribution in [1.82, 2.24) is 50.3 Å². The van der Waals surface area contributed by atoms with Gasteiger partial charge in [-0.2, -0.15) is 0 Å². The molecule has 0 spiro atoms. The summed E-state index contributed by atoms with van der Waals surface area (Å²) < 4.78 is 26.7. The van der Waals surface area contributed by atoms with Gasteiger partial charge in [-0.05, 0) is 25.0 Å². The number of nitrogens with one attached hydrogen (secondary N) is 4. The minimum absolute atomic E-state index is 0.199. The number of nitrogens with zero attached hydrogens (tertiary/aromatic N) is 6. The molecule has 0 saturated carbocycles. The molecule has 4 aromatic heterocycles. The van der Waals surface area contributed by atoms with E-state index in [-0.39, 0.29) is 12.1 Å². The van der Waals surface area contributed by atoms with Crippen molar-refractivity contribution in [3.05, 3.63) is 60.2 Å². The molecule has 0 aliphatic heterocycles. The van der Waals surface area contributed by atoms with E-state index in [1.807, 2.05) is 48.5 Å². The number of unbranched alkanes of at least 4 members (excludes halogenated alkanes) is 5. The number of rotatable bonds is 27. The first-order valence-electron chi connectivity index (χ1n) is 21.6. The fraction of sp³-hybridized carbons (Fsp3) is 0.500. The average molecular weight is 855 g/mol. The van der Waals surface area contributed by atoms with Gasteiger partial charge in [-0.25, -0.2) is 29.5 Å². The molecule has 18 nitrogen and oxygen atoms in total. The number of carbonyl (C=O) groups is 2. The van der Waals surface area contributed by atoms with Gasteiger partial charge in [0.25, 0.3) is 0 Å². The minimum atomic E-state index is -0.199. The van der Waals surface area contributed by atoms with Crippen molar-refractivity contribution in [2.75, 3.05) is 91.5 Å². The van der Waals surface area contributed by atoms with Gasteiger partial charge in [-0.15, -0.1) is 0 Å². The van der Waals surface area contributed by atoms with Gasteiger partial charge in [0, 0.05) is 77.1 Å². The van der Waals surface area contributed by atoms with Crippen molar-refractivity contribution in [2.45, 2.75) is 64.5 Å². The molecule has 0 bridgehead atoms. The quantitative estimate of drug-likeness (QED) is 0.0388. The van der Waals surface area contributed by atoms with Crippen molar-refractivity contribution in [1.29, 1.82) is 0 Å². The molecule has 62 heavy (non-hydrogen) atoms. The first kappa shape index (κ1) is 45.7. The lowest BCUT2D eigenvalue weighted by Gasteiger charge is -2.12. The van der Waals surface area contributed by atoms with Gasteiger partial charge in [-0.3, -0.25) is 0 Å². The number of benzene rings is 2. The number of hydrogen-bond acceptors (Lipinski definition) is 12. The van der Waals surface area contributed by atoms with Crippen LogP contribution in [0.3, 0.4) is 0 Å². The molecule has 2 aromatic carbocycles. The summed E-state index contributed by atoms with van der Waals surface area (Å²) in [6.45, 7) is 5.93. The number of pyridine rings is 2. The van der Waals surface area contributed by atoms with Gasteiger partial charge in [0.2, 0.25) is 0 Å². The molecule has 18 heteroatoms. The molecule has 0 aliphatic carbocycles. The third kappa shape index (κ3) is 12.4. The Morgan fingerprint density at radius 1 is 0.532 bits per heavy atom. The van der Waals surface area contributed by atoms with Crippen molar-refractivity contribution >= 4 is 67.6 Å². The summed E-state index contributed by atoms with van der Waals surface area (Å²) in [5.41, 5.74) is 17.5. The summed E-state index contributed by atoms with van der Waals surface area (Å²) in [5.74, 6) is 2.54. The second kappa shape index (κ2) is 24.0. The van der Waals surface area contributed by atoms with Gasteiger partial charge in [0.15, 0.2) is 11.6 Å². The van der Waals surface area contributed by atoms with Crippen molar-refractivity contribution in [3.8, 4) is 0 Å². The van der Waals surface area contributed by atoms with Crippen LogP contribution in [-0.4, -0.2) is 121 Å². The van der Waals surface area contributed by atoms with Gasteiger partial charge >= 0.3 is 12.1 Å². The highest BCUT2D eigenvalue weighted by Crippen LogP contribution is 2.30. The summed E-state index contributed by atoms with van der Waals surface area (Å²) in [7, 11) is 3.34. The maximum Gasteiger partial charge on any atom is 0.314 e. The minimum Gasteiger partial charge on any atom is -0.384 e. The molecule has 0 atom stereocenters. The fourth-order valence-electron chi connectivity index (χ4n) is 7.54. The molecule has 334 valence electrons. The van der Waals surface area contributed by atoms with Gasteiger partial charge in [-0.1, -0.05) is 62.1 Å². The summed E-state index contributed by atoms with van der Waals surface area (Å²) in [4.78, 5) is 43.2. The number of ether oxygens (including phenoxy) is 4. The normalized spacial score (nSPS) is 11.6. The van der Waals surface area contributed by atoms with Crippen molar-refractivity contribution < 1.29 is 28.5 Å². The molecule has 0 saturated heterocycles. The summed E-state index contributed by atoms with van der Waals surface area (Å²) >= 11 is 0. The topological polar surface area (TPSA) is 233 Å². The maximum absolute atomic E-state index is 12.3. The number of anilines is 2. The van der Waals surface area contributed by atoms with Crippen LogP contribution in [0.25, 0.3) is 43.9 Å². The summed E-state index contributed by atoms with van der Waals surface area (Å²) in [6.07, 6.45) is 7.28. The zero-order valence-corrected chi connectivity index (χ0v) is 36.0. The first-order chi connectivity index (χ1) is 30.4. The monoisotopic (exact) mass is 854 g/mol. The second-order valence-electron chi connectivity index (χ2n) is 15.0. The van der Waals surface area contributed by atoms with Crippen LogP contribution in [0.2, 0.25) is 0 Å². The van der Waals surface area contributed by atoms with Crippen LogP contribution in [0.5, 0.6) is 0 Å². The number of urea groups is 2. The Bertz CT molecular complexity index is 2200. The average Bonchev–Trinajstić information content (AvgIpc) is 3.84. The Morgan fingerprint density at radius 2 is 0.935 bits per heavy atom. The smallest absolute Gasteiger partial charge is 0.314 e.